The first-order valence-electron chi connectivity index (χ1n) is 5.44. The Kier molecular flexibility index (Phi) is 3.53. The first-order valence-corrected chi connectivity index (χ1v) is 5.44. The molecule has 88 valence electrons. The maximum absolute atomic E-state index is 13.4. The van der Waals surface area contributed by atoms with Crippen LogP contribution < -0.4 is 5.32 Å². The van der Waals surface area contributed by atoms with E-state index in [1.165, 1.54) is 6.07 Å². The molecule has 1 aliphatic rings. The molecule has 0 aliphatic carbocycles. The molecule has 0 aromatic heterocycles. The smallest absolute Gasteiger partial charge is 0.126 e. The van der Waals surface area contributed by atoms with Crippen LogP contribution in [-0.4, -0.2) is 37.0 Å². The topological polar surface area (TPSA) is 41.5 Å². The molecule has 1 aromatic rings. The van der Waals surface area contributed by atoms with Crippen molar-refractivity contribution in [3.8, 4) is 0 Å². The lowest BCUT2D eigenvalue weighted by molar-refractivity contribution is -0.0275. The Morgan fingerprint density at radius 2 is 2.25 bits per heavy atom. The highest BCUT2D eigenvalue weighted by Crippen LogP contribution is 2.17. The zero-order valence-corrected chi connectivity index (χ0v) is 9.08. The minimum atomic E-state index is -1.02. The summed E-state index contributed by atoms with van der Waals surface area (Å²) in [5, 5.41) is 13.4. The number of benzene rings is 1. The van der Waals surface area contributed by atoms with Gasteiger partial charge in [0.25, 0.3) is 0 Å². The summed E-state index contributed by atoms with van der Waals surface area (Å²) in [6.45, 7) is 1.98. The van der Waals surface area contributed by atoms with Crippen LogP contribution in [0.4, 0.5) is 4.39 Å². The van der Waals surface area contributed by atoms with Gasteiger partial charge in [-0.3, -0.25) is 0 Å². The number of ether oxygens (including phenoxy) is 1. The molecule has 4 heteroatoms. The summed E-state index contributed by atoms with van der Waals surface area (Å²) in [5.41, 5.74) is -0.490. The van der Waals surface area contributed by atoms with E-state index in [2.05, 4.69) is 5.32 Å². The van der Waals surface area contributed by atoms with Gasteiger partial charge in [0.2, 0.25) is 0 Å². The second-order valence-corrected chi connectivity index (χ2v) is 4.22. The van der Waals surface area contributed by atoms with Gasteiger partial charge in [-0.1, -0.05) is 18.2 Å². The van der Waals surface area contributed by atoms with Crippen LogP contribution >= 0.6 is 0 Å². The molecule has 1 heterocycles. The molecule has 0 radical (unpaired) electrons. The Morgan fingerprint density at radius 3 is 3.06 bits per heavy atom. The van der Waals surface area contributed by atoms with E-state index in [1.807, 2.05) is 0 Å². The van der Waals surface area contributed by atoms with E-state index in [0.29, 0.717) is 18.7 Å². The average Bonchev–Trinajstić information content (AvgIpc) is 2.47. The summed E-state index contributed by atoms with van der Waals surface area (Å²) >= 11 is 0. The van der Waals surface area contributed by atoms with Crippen molar-refractivity contribution in [2.24, 2.45) is 0 Å². The van der Waals surface area contributed by atoms with Crippen molar-refractivity contribution in [2.75, 3.05) is 26.3 Å². The average molecular weight is 225 g/mol. The van der Waals surface area contributed by atoms with Crippen LogP contribution in [0, 0.1) is 5.82 Å². The van der Waals surface area contributed by atoms with Crippen LogP contribution in [0.15, 0.2) is 24.3 Å². The van der Waals surface area contributed by atoms with Crippen LogP contribution in [0.25, 0.3) is 0 Å². The first-order chi connectivity index (χ1) is 7.70. The molecule has 0 bridgehead atoms. The van der Waals surface area contributed by atoms with Gasteiger partial charge in [-0.05, 0) is 11.6 Å². The van der Waals surface area contributed by atoms with Gasteiger partial charge < -0.3 is 15.2 Å². The third-order valence-corrected chi connectivity index (χ3v) is 2.73. The minimum Gasteiger partial charge on any atom is -0.386 e. The standard InChI is InChI=1S/C12H16FNO2/c13-11-4-2-1-3-10(11)7-12(15)8-14-5-6-16-9-12/h1-4,14-15H,5-9H2. The van der Waals surface area contributed by atoms with Crippen molar-refractivity contribution < 1.29 is 14.2 Å². The molecule has 1 aliphatic heterocycles. The molecule has 1 aromatic carbocycles. The van der Waals surface area contributed by atoms with E-state index < -0.39 is 5.60 Å². The Morgan fingerprint density at radius 1 is 1.44 bits per heavy atom. The number of hydrogen-bond donors (Lipinski definition) is 2. The highest BCUT2D eigenvalue weighted by Gasteiger charge is 2.29. The Hall–Kier alpha value is -0.970. The van der Waals surface area contributed by atoms with Crippen molar-refractivity contribution >= 4 is 0 Å². The second kappa shape index (κ2) is 4.91. The fraction of sp³-hybridized carbons (Fsp3) is 0.500. The highest BCUT2D eigenvalue weighted by molar-refractivity contribution is 5.19. The predicted molar refractivity (Wildman–Crippen MR) is 58.7 cm³/mol. The second-order valence-electron chi connectivity index (χ2n) is 4.22. The fourth-order valence-electron chi connectivity index (χ4n) is 1.89. The lowest BCUT2D eigenvalue weighted by Gasteiger charge is -2.26. The van der Waals surface area contributed by atoms with Gasteiger partial charge in [-0.2, -0.15) is 0 Å². The van der Waals surface area contributed by atoms with Gasteiger partial charge in [0.15, 0.2) is 0 Å². The van der Waals surface area contributed by atoms with E-state index in [-0.39, 0.29) is 18.8 Å². The zero-order chi connectivity index (χ0) is 11.4. The van der Waals surface area contributed by atoms with Gasteiger partial charge in [-0.25, -0.2) is 4.39 Å². The number of halogens is 1. The van der Waals surface area contributed by atoms with Crippen LogP contribution in [0.5, 0.6) is 0 Å². The van der Waals surface area contributed by atoms with Gasteiger partial charge in [-0.15, -0.1) is 0 Å². The Bertz CT molecular complexity index is 349. The normalized spacial score (nSPS) is 26.4. The number of β-amino-alcohol motifs (C(OH)–C–C–N with tert-alkyl or cyclic N) is 1. The van der Waals surface area contributed by atoms with Gasteiger partial charge in [0.05, 0.1) is 13.2 Å². The van der Waals surface area contributed by atoms with Crippen molar-refractivity contribution in [1.82, 2.24) is 5.32 Å². The van der Waals surface area contributed by atoms with Crippen LogP contribution in [0.1, 0.15) is 5.56 Å². The van der Waals surface area contributed by atoms with Crippen molar-refractivity contribution in [3.63, 3.8) is 0 Å². The van der Waals surface area contributed by atoms with Crippen molar-refractivity contribution in [2.45, 2.75) is 12.0 Å². The molecule has 0 spiro atoms. The number of rotatable bonds is 2. The number of hydrogen-bond acceptors (Lipinski definition) is 3. The summed E-state index contributed by atoms with van der Waals surface area (Å²) in [6, 6.07) is 6.51. The SMILES string of the molecule is OC1(Cc2ccccc2F)CNCCOC1. The lowest BCUT2D eigenvalue weighted by Crippen LogP contribution is -2.44. The summed E-state index contributed by atoms with van der Waals surface area (Å²) in [6.07, 6.45) is 0.271. The zero-order valence-electron chi connectivity index (χ0n) is 9.08. The molecule has 0 amide bonds. The number of nitrogens with one attached hydrogen (secondary N) is 1. The lowest BCUT2D eigenvalue weighted by atomic mass is 9.95. The largest absolute Gasteiger partial charge is 0.386 e. The van der Waals surface area contributed by atoms with Crippen LogP contribution in [-0.2, 0) is 11.2 Å². The van der Waals surface area contributed by atoms with Crippen LogP contribution in [0.3, 0.4) is 0 Å². The summed E-state index contributed by atoms with van der Waals surface area (Å²) < 4.78 is 18.7. The quantitative estimate of drug-likeness (QED) is 0.779. The summed E-state index contributed by atoms with van der Waals surface area (Å²) in [4.78, 5) is 0. The molecule has 1 saturated heterocycles. The highest BCUT2D eigenvalue weighted by atomic mass is 19.1. The third kappa shape index (κ3) is 2.78. The van der Waals surface area contributed by atoms with Gasteiger partial charge >= 0.3 is 0 Å². The van der Waals surface area contributed by atoms with E-state index in [4.69, 9.17) is 4.74 Å². The molecule has 1 unspecified atom stereocenters. The monoisotopic (exact) mass is 225 g/mol. The van der Waals surface area contributed by atoms with Crippen molar-refractivity contribution in [1.29, 1.82) is 0 Å². The molecule has 2 N–H and O–H groups in total. The minimum absolute atomic E-state index is 0.244. The molecular formula is C12H16FNO2. The van der Waals surface area contributed by atoms with Gasteiger partial charge in [0.1, 0.15) is 11.4 Å². The molecule has 16 heavy (non-hydrogen) atoms. The Balaban J connectivity index is 2.10. The maximum atomic E-state index is 13.4. The summed E-state index contributed by atoms with van der Waals surface area (Å²) in [5.74, 6) is -0.278. The predicted octanol–water partition coefficient (Wildman–Crippen LogP) is 0.719. The fourth-order valence-corrected chi connectivity index (χ4v) is 1.89. The van der Waals surface area contributed by atoms with Crippen molar-refractivity contribution in [3.05, 3.63) is 35.6 Å². The van der Waals surface area contributed by atoms with Crippen LogP contribution in [0.2, 0.25) is 0 Å². The van der Waals surface area contributed by atoms with E-state index in [9.17, 15) is 9.50 Å². The molecule has 1 fully saturated rings. The van der Waals surface area contributed by atoms with E-state index in [0.717, 1.165) is 6.54 Å². The maximum Gasteiger partial charge on any atom is 0.126 e. The molecule has 3 nitrogen and oxygen atoms in total. The molecule has 1 atom stereocenters. The number of aliphatic hydroxyl groups is 1. The molecule has 0 saturated carbocycles. The molecule has 2 rings (SSSR count). The first kappa shape index (κ1) is 11.5. The van der Waals surface area contributed by atoms with Gasteiger partial charge in [0, 0.05) is 19.5 Å². The summed E-state index contributed by atoms with van der Waals surface area (Å²) in [7, 11) is 0. The Labute approximate surface area is 94.2 Å². The van der Waals surface area contributed by atoms with E-state index >= 15 is 0 Å². The third-order valence-electron chi connectivity index (χ3n) is 2.73. The molecular weight excluding hydrogens is 209 g/mol. The van der Waals surface area contributed by atoms with E-state index in [1.54, 1.807) is 18.2 Å².